The number of fused-ring (bicyclic) bond motifs is 5. The van der Waals surface area contributed by atoms with Gasteiger partial charge in [-0.15, -0.1) is 0 Å². The Morgan fingerprint density at radius 2 is 1.81 bits per heavy atom. The van der Waals surface area contributed by atoms with E-state index >= 15 is 0 Å². The molecular formula is C21H22N3O2+. The standard InChI is InChI=1S/C21H22N3O2/c1-13-10-15-16(20(25)26-5)12-19-17-8-6-7-9-23(17)21(22(3)4)24(19)18(15)11-14(13)2/h6-12H,1-5H3/q+1. The highest BCUT2D eigenvalue weighted by Crippen LogP contribution is 2.30. The molecule has 3 heterocycles. The first-order valence-electron chi connectivity index (χ1n) is 8.58. The molecule has 0 saturated carbocycles. The zero-order chi connectivity index (χ0) is 18.6. The number of ether oxygens (including phenoxy) is 1. The Bertz CT molecular complexity index is 1190. The van der Waals surface area contributed by atoms with Gasteiger partial charge in [-0.05, 0) is 55.3 Å². The third-order valence-corrected chi connectivity index (χ3v) is 5.01. The lowest BCUT2D eigenvalue weighted by molar-refractivity contribution is -0.497. The molecule has 132 valence electrons. The van der Waals surface area contributed by atoms with Gasteiger partial charge in [-0.2, -0.15) is 4.40 Å². The highest BCUT2D eigenvalue weighted by molar-refractivity contribution is 6.07. The van der Waals surface area contributed by atoms with E-state index in [9.17, 15) is 4.79 Å². The fraction of sp³-hybridized carbons (Fsp3) is 0.238. The van der Waals surface area contributed by atoms with Gasteiger partial charge in [-0.25, -0.2) is 9.20 Å². The smallest absolute Gasteiger partial charge is 0.369 e. The zero-order valence-electron chi connectivity index (χ0n) is 15.7. The van der Waals surface area contributed by atoms with Gasteiger partial charge in [0.05, 0.1) is 33.0 Å². The molecule has 0 aliphatic carbocycles. The summed E-state index contributed by atoms with van der Waals surface area (Å²) in [6.07, 6.45) is 2.04. The number of carbonyl (C=O) groups is 1. The zero-order valence-corrected chi connectivity index (χ0v) is 15.7. The molecule has 0 aliphatic rings. The second-order valence-corrected chi connectivity index (χ2v) is 6.87. The van der Waals surface area contributed by atoms with Gasteiger partial charge in [0.1, 0.15) is 16.6 Å². The van der Waals surface area contributed by atoms with Crippen molar-refractivity contribution in [2.24, 2.45) is 0 Å². The van der Waals surface area contributed by atoms with Gasteiger partial charge in [0, 0.05) is 5.39 Å². The Labute approximate surface area is 152 Å². The minimum atomic E-state index is -0.317. The number of hydrogen-bond donors (Lipinski definition) is 0. The molecule has 0 spiro atoms. The predicted octanol–water partition coefficient (Wildman–Crippen LogP) is 3.30. The normalized spacial score (nSPS) is 11.4. The second kappa shape index (κ2) is 5.73. The van der Waals surface area contributed by atoms with E-state index in [-0.39, 0.29) is 5.97 Å². The molecule has 1 aromatic carbocycles. The molecule has 5 nitrogen and oxygen atoms in total. The molecule has 0 atom stereocenters. The molecule has 0 fully saturated rings. The number of anilines is 1. The minimum Gasteiger partial charge on any atom is -0.465 e. The molecule has 0 saturated heterocycles. The number of methoxy groups -OCH3 is 1. The van der Waals surface area contributed by atoms with Crippen molar-refractivity contribution in [3.8, 4) is 0 Å². The summed E-state index contributed by atoms with van der Waals surface area (Å²) in [4.78, 5) is 14.6. The van der Waals surface area contributed by atoms with Crippen LogP contribution in [0.3, 0.4) is 0 Å². The number of benzene rings is 1. The third-order valence-electron chi connectivity index (χ3n) is 5.01. The van der Waals surface area contributed by atoms with E-state index < -0.39 is 0 Å². The lowest BCUT2D eigenvalue weighted by atomic mass is 10.0. The second-order valence-electron chi connectivity index (χ2n) is 6.87. The van der Waals surface area contributed by atoms with E-state index in [1.54, 1.807) is 0 Å². The van der Waals surface area contributed by atoms with Crippen LogP contribution in [-0.2, 0) is 4.74 Å². The first-order valence-corrected chi connectivity index (χ1v) is 8.58. The summed E-state index contributed by atoms with van der Waals surface area (Å²) in [5.41, 5.74) is 5.95. The lowest BCUT2D eigenvalue weighted by Gasteiger charge is -2.11. The number of rotatable bonds is 2. The quantitative estimate of drug-likeness (QED) is 0.412. The molecule has 5 heteroatoms. The van der Waals surface area contributed by atoms with Crippen LogP contribution in [0.5, 0.6) is 0 Å². The predicted molar refractivity (Wildman–Crippen MR) is 103 cm³/mol. The summed E-state index contributed by atoms with van der Waals surface area (Å²) in [6.45, 7) is 4.16. The Kier molecular flexibility index (Phi) is 3.61. The van der Waals surface area contributed by atoms with Crippen LogP contribution in [0.2, 0.25) is 0 Å². The van der Waals surface area contributed by atoms with Crippen LogP contribution < -0.4 is 9.30 Å². The van der Waals surface area contributed by atoms with Crippen molar-refractivity contribution < 1.29 is 13.9 Å². The number of aromatic nitrogens is 2. The van der Waals surface area contributed by atoms with Crippen LogP contribution in [-0.4, -0.2) is 31.6 Å². The van der Waals surface area contributed by atoms with E-state index in [0.717, 1.165) is 33.4 Å². The van der Waals surface area contributed by atoms with Crippen LogP contribution in [0.4, 0.5) is 5.95 Å². The van der Waals surface area contributed by atoms with Gasteiger partial charge in [-0.3, -0.25) is 4.90 Å². The van der Waals surface area contributed by atoms with E-state index in [0.29, 0.717) is 5.56 Å². The Morgan fingerprint density at radius 1 is 1.08 bits per heavy atom. The van der Waals surface area contributed by atoms with Gasteiger partial charge >= 0.3 is 11.9 Å². The first kappa shape index (κ1) is 16.4. The Balaban J connectivity index is 2.34. The maximum atomic E-state index is 12.5. The summed E-state index contributed by atoms with van der Waals surface area (Å²) in [5, 5.41) is 0.899. The van der Waals surface area contributed by atoms with Crippen molar-refractivity contribution in [1.29, 1.82) is 0 Å². The van der Waals surface area contributed by atoms with Crippen LogP contribution >= 0.6 is 0 Å². The molecular weight excluding hydrogens is 326 g/mol. The van der Waals surface area contributed by atoms with Crippen molar-refractivity contribution in [1.82, 2.24) is 4.40 Å². The maximum absolute atomic E-state index is 12.5. The Morgan fingerprint density at radius 3 is 2.50 bits per heavy atom. The molecule has 0 N–H and O–H groups in total. The fourth-order valence-corrected chi connectivity index (χ4v) is 3.64. The average molecular weight is 348 g/mol. The number of imidazole rings is 1. The van der Waals surface area contributed by atoms with E-state index in [1.165, 1.54) is 12.7 Å². The largest absolute Gasteiger partial charge is 0.465 e. The van der Waals surface area contributed by atoms with Crippen molar-refractivity contribution in [3.63, 3.8) is 0 Å². The van der Waals surface area contributed by atoms with E-state index in [1.807, 2.05) is 38.5 Å². The van der Waals surface area contributed by atoms with Gasteiger partial charge in [0.2, 0.25) is 0 Å². The number of nitrogens with zero attached hydrogens (tertiary/aromatic N) is 3. The van der Waals surface area contributed by atoms with Crippen LogP contribution in [0.25, 0.3) is 21.9 Å². The van der Waals surface area contributed by atoms with E-state index in [4.69, 9.17) is 4.74 Å². The molecule has 26 heavy (non-hydrogen) atoms. The molecule has 4 rings (SSSR count). The first-order chi connectivity index (χ1) is 12.4. The third kappa shape index (κ3) is 2.17. The Hall–Kier alpha value is -3.08. The number of carbonyl (C=O) groups excluding carboxylic acids is 1. The van der Waals surface area contributed by atoms with Crippen molar-refractivity contribution in [3.05, 3.63) is 59.3 Å². The number of aryl methyl sites for hydroxylation is 2. The van der Waals surface area contributed by atoms with Gasteiger partial charge < -0.3 is 4.74 Å². The van der Waals surface area contributed by atoms with Crippen LogP contribution in [0.1, 0.15) is 21.5 Å². The molecule has 0 unspecified atom stereocenters. The average Bonchev–Trinajstić information content (AvgIpc) is 2.96. The fourth-order valence-electron chi connectivity index (χ4n) is 3.64. The van der Waals surface area contributed by atoms with Crippen LogP contribution in [0, 0.1) is 13.8 Å². The molecule has 3 aromatic heterocycles. The summed E-state index contributed by atoms with van der Waals surface area (Å²) in [7, 11) is 5.49. The molecule has 0 aliphatic heterocycles. The van der Waals surface area contributed by atoms with Crippen molar-refractivity contribution >= 4 is 33.9 Å². The molecule has 0 bridgehead atoms. The summed E-state index contributed by atoms with van der Waals surface area (Å²) < 4.78 is 9.42. The van der Waals surface area contributed by atoms with Crippen molar-refractivity contribution in [2.75, 3.05) is 26.1 Å². The molecule has 0 amide bonds. The number of pyridine rings is 2. The van der Waals surface area contributed by atoms with Gasteiger partial charge in [0.15, 0.2) is 0 Å². The highest BCUT2D eigenvalue weighted by atomic mass is 16.5. The van der Waals surface area contributed by atoms with E-state index in [2.05, 4.69) is 45.7 Å². The topological polar surface area (TPSA) is 38.0 Å². The SMILES string of the molecule is COC(=O)c1cc2c3cccc[n+]3c(N(C)C)n2c2cc(C)c(C)cc12. The molecule has 4 aromatic rings. The van der Waals surface area contributed by atoms with Gasteiger partial charge in [-0.1, -0.05) is 6.07 Å². The minimum absolute atomic E-state index is 0.317. The van der Waals surface area contributed by atoms with Crippen molar-refractivity contribution in [2.45, 2.75) is 13.8 Å². The summed E-state index contributed by atoms with van der Waals surface area (Å²) in [5.74, 6) is 0.711. The summed E-state index contributed by atoms with van der Waals surface area (Å²) in [6, 6.07) is 12.2. The number of esters is 1. The van der Waals surface area contributed by atoms with Crippen LogP contribution in [0.15, 0.2) is 42.6 Å². The molecule has 0 radical (unpaired) electrons. The number of hydrogen-bond acceptors (Lipinski definition) is 3. The monoisotopic (exact) mass is 348 g/mol. The maximum Gasteiger partial charge on any atom is 0.369 e. The van der Waals surface area contributed by atoms with Gasteiger partial charge in [0.25, 0.3) is 0 Å². The lowest BCUT2D eigenvalue weighted by Crippen LogP contribution is -2.29. The summed E-state index contributed by atoms with van der Waals surface area (Å²) >= 11 is 0. The highest BCUT2D eigenvalue weighted by Gasteiger charge is 2.26.